The lowest BCUT2D eigenvalue weighted by Gasteiger charge is -2.34. The Balaban J connectivity index is 1.76. The Morgan fingerprint density at radius 3 is 2.83 bits per heavy atom. The minimum atomic E-state index is -0.632. The van der Waals surface area contributed by atoms with E-state index in [1.54, 1.807) is 4.90 Å². The molecule has 29 heavy (non-hydrogen) atoms. The Hall–Kier alpha value is -2.75. The lowest BCUT2D eigenvalue weighted by atomic mass is 10.1. The molecule has 2 aromatic carbocycles. The zero-order valence-corrected chi connectivity index (χ0v) is 16.2. The summed E-state index contributed by atoms with van der Waals surface area (Å²) in [7, 11) is 0. The molecule has 1 saturated heterocycles. The minimum Gasteiger partial charge on any atom is -0.370 e. The standard InChI is InChI=1S/C18H13Cl2FN4O4/c19-11-5-12(20)13(21)3-9(11)17-7-24(1-2-29-17)15-6-14-10(4-16(15)25(27)28)18(26)23-8-22-14/h3-6,8,17H,1-2,7H2,(H,22,23,26). The average molecular weight is 439 g/mol. The van der Waals surface area contributed by atoms with E-state index in [1.807, 2.05) is 0 Å². The quantitative estimate of drug-likeness (QED) is 0.378. The Bertz CT molecular complexity index is 1190. The van der Waals surface area contributed by atoms with Gasteiger partial charge in [0.25, 0.3) is 11.2 Å². The van der Waals surface area contributed by atoms with Gasteiger partial charge in [0.2, 0.25) is 0 Å². The van der Waals surface area contributed by atoms with Crippen molar-refractivity contribution in [3.63, 3.8) is 0 Å². The van der Waals surface area contributed by atoms with Crippen molar-refractivity contribution in [3.8, 4) is 0 Å². The molecule has 1 fully saturated rings. The lowest BCUT2D eigenvalue weighted by Crippen LogP contribution is -2.38. The van der Waals surface area contributed by atoms with Crippen LogP contribution in [0.25, 0.3) is 10.9 Å². The van der Waals surface area contributed by atoms with Gasteiger partial charge in [0, 0.05) is 29.7 Å². The molecule has 3 aromatic rings. The van der Waals surface area contributed by atoms with Crippen molar-refractivity contribution in [2.75, 3.05) is 24.6 Å². The first kappa shape index (κ1) is 19.6. The third-order valence-electron chi connectivity index (χ3n) is 4.73. The molecule has 4 rings (SSSR count). The van der Waals surface area contributed by atoms with E-state index < -0.39 is 22.4 Å². The number of H-pyrrole nitrogens is 1. The van der Waals surface area contributed by atoms with Gasteiger partial charge in [0.15, 0.2) is 0 Å². The Labute approximate surface area is 173 Å². The zero-order valence-electron chi connectivity index (χ0n) is 14.7. The number of hydrogen-bond donors (Lipinski definition) is 1. The first-order valence-electron chi connectivity index (χ1n) is 8.52. The summed E-state index contributed by atoms with van der Waals surface area (Å²) >= 11 is 12.0. The van der Waals surface area contributed by atoms with E-state index in [0.717, 1.165) is 0 Å². The first-order valence-corrected chi connectivity index (χ1v) is 9.27. The second-order valence-corrected chi connectivity index (χ2v) is 7.25. The molecular weight excluding hydrogens is 426 g/mol. The van der Waals surface area contributed by atoms with Gasteiger partial charge in [-0.05, 0) is 18.2 Å². The van der Waals surface area contributed by atoms with Crippen molar-refractivity contribution in [3.05, 3.63) is 72.5 Å². The fourth-order valence-corrected chi connectivity index (χ4v) is 3.84. The van der Waals surface area contributed by atoms with E-state index in [4.69, 9.17) is 27.9 Å². The maximum atomic E-state index is 13.9. The molecule has 11 heteroatoms. The van der Waals surface area contributed by atoms with Gasteiger partial charge in [0.1, 0.15) is 17.6 Å². The summed E-state index contributed by atoms with van der Waals surface area (Å²) in [5.74, 6) is -0.632. The SMILES string of the molecule is O=c1[nH]cnc2cc(N3CCOC(c4cc(F)c(Cl)cc4Cl)C3)c([N+](=O)[O-])cc12. The molecule has 1 aliphatic rings. The van der Waals surface area contributed by atoms with Crippen LogP contribution < -0.4 is 10.5 Å². The van der Waals surface area contributed by atoms with Gasteiger partial charge in [-0.25, -0.2) is 9.37 Å². The number of anilines is 1. The van der Waals surface area contributed by atoms with Crippen LogP contribution in [0.3, 0.4) is 0 Å². The van der Waals surface area contributed by atoms with Crippen LogP contribution in [-0.2, 0) is 4.74 Å². The first-order chi connectivity index (χ1) is 13.8. The molecule has 8 nitrogen and oxygen atoms in total. The van der Waals surface area contributed by atoms with Crippen LogP contribution in [0.5, 0.6) is 0 Å². The van der Waals surface area contributed by atoms with E-state index in [-0.39, 0.29) is 34.3 Å². The molecule has 0 aliphatic carbocycles. The Morgan fingerprint density at radius 1 is 1.28 bits per heavy atom. The van der Waals surface area contributed by atoms with E-state index in [2.05, 4.69) is 9.97 Å². The molecule has 1 aromatic heterocycles. The fraction of sp³-hybridized carbons (Fsp3) is 0.222. The van der Waals surface area contributed by atoms with Crippen LogP contribution in [0, 0.1) is 15.9 Å². The van der Waals surface area contributed by atoms with E-state index >= 15 is 0 Å². The van der Waals surface area contributed by atoms with Gasteiger partial charge in [0.05, 0.1) is 33.8 Å². The Morgan fingerprint density at radius 2 is 2.07 bits per heavy atom. The number of nitro benzene ring substituents is 1. The summed E-state index contributed by atoms with van der Waals surface area (Å²) in [5.41, 5.74) is 0.321. The van der Waals surface area contributed by atoms with Crippen molar-refractivity contribution in [1.29, 1.82) is 0 Å². The lowest BCUT2D eigenvalue weighted by molar-refractivity contribution is -0.384. The van der Waals surface area contributed by atoms with Gasteiger partial charge in [-0.3, -0.25) is 14.9 Å². The molecule has 0 bridgehead atoms. The van der Waals surface area contributed by atoms with Gasteiger partial charge in [-0.15, -0.1) is 0 Å². The second kappa shape index (κ2) is 7.58. The largest absolute Gasteiger partial charge is 0.370 e. The van der Waals surface area contributed by atoms with Crippen LogP contribution in [0.4, 0.5) is 15.8 Å². The highest BCUT2D eigenvalue weighted by Crippen LogP contribution is 2.37. The highest BCUT2D eigenvalue weighted by molar-refractivity contribution is 6.35. The molecule has 1 N–H and O–H groups in total. The number of benzene rings is 2. The predicted molar refractivity (Wildman–Crippen MR) is 106 cm³/mol. The monoisotopic (exact) mass is 438 g/mol. The maximum Gasteiger partial charge on any atom is 0.293 e. The van der Waals surface area contributed by atoms with Crippen LogP contribution in [0.2, 0.25) is 10.0 Å². The smallest absolute Gasteiger partial charge is 0.293 e. The van der Waals surface area contributed by atoms with Crippen LogP contribution >= 0.6 is 23.2 Å². The van der Waals surface area contributed by atoms with Crippen molar-refractivity contribution in [1.82, 2.24) is 9.97 Å². The highest BCUT2D eigenvalue weighted by Gasteiger charge is 2.29. The van der Waals surface area contributed by atoms with Crippen molar-refractivity contribution >= 4 is 45.5 Å². The summed E-state index contributed by atoms with van der Waals surface area (Å²) in [6, 6.07) is 5.20. The van der Waals surface area contributed by atoms with Gasteiger partial charge >= 0.3 is 0 Å². The molecule has 1 atom stereocenters. The molecular formula is C18H13Cl2FN4O4. The summed E-state index contributed by atoms with van der Waals surface area (Å²) in [6.07, 6.45) is 0.615. The molecule has 0 radical (unpaired) electrons. The molecule has 150 valence electrons. The van der Waals surface area contributed by atoms with E-state index in [9.17, 15) is 19.3 Å². The van der Waals surface area contributed by atoms with Crippen LogP contribution in [0.15, 0.2) is 35.4 Å². The number of rotatable bonds is 3. The predicted octanol–water partition coefficient (Wildman–Crippen LogP) is 3.86. The number of nitro groups is 1. The number of aromatic nitrogens is 2. The number of hydrogen-bond acceptors (Lipinski definition) is 6. The minimum absolute atomic E-state index is 0.104. The Kier molecular flexibility index (Phi) is 5.12. The van der Waals surface area contributed by atoms with Crippen LogP contribution in [-0.4, -0.2) is 34.6 Å². The third kappa shape index (κ3) is 3.64. The van der Waals surface area contributed by atoms with Crippen molar-refractivity contribution < 1.29 is 14.1 Å². The fourth-order valence-electron chi connectivity index (χ4n) is 3.33. The number of nitrogens with zero attached hydrogens (tertiary/aromatic N) is 3. The normalized spacial score (nSPS) is 16.9. The topological polar surface area (TPSA) is 101 Å². The number of nitrogens with one attached hydrogen (secondary N) is 1. The van der Waals surface area contributed by atoms with E-state index in [1.165, 1.54) is 30.6 Å². The van der Waals surface area contributed by atoms with Crippen molar-refractivity contribution in [2.45, 2.75) is 6.10 Å². The number of halogens is 3. The molecule has 1 unspecified atom stereocenters. The third-order valence-corrected chi connectivity index (χ3v) is 5.34. The second-order valence-electron chi connectivity index (χ2n) is 6.44. The van der Waals surface area contributed by atoms with Crippen molar-refractivity contribution in [2.24, 2.45) is 0 Å². The number of morpholine rings is 1. The molecule has 0 spiro atoms. The van der Waals surface area contributed by atoms with Gasteiger partial charge < -0.3 is 14.6 Å². The number of aromatic amines is 1. The molecule has 0 amide bonds. The molecule has 1 aliphatic heterocycles. The molecule has 2 heterocycles. The molecule has 0 saturated carbocycles. The summed E-state index contributed by atoms with van der Waals surface area (Å²) in [4.78, 5) is 31.3. The zero-order chi connectivity index (χ0) is 20.7. The van der Waals surface area contributed by atoms with Crippen LogP contribution in [0.1, 0.15) is 11.7 Å². The van der Waals surface area contributed by atoms with Gasteiger partial charge in [-0.1, -0.05) is 23.2 Å². The summed E-state index contributed by atoms with van der Waals surface area (Å²) < 4.78 is 19.6. The van der Waals surface area contributed by atoms with E-state index in [0.29, 0.717) is 23.3 Å². The summed E-state index contributed by atoms with van der Waals surface area (Å²) in [6.45, 7) is 0.791. The van der Waals surface area contributed by atoms with Gasteiger partial charge in [-0.2, -0.15) is 0 Å². The highest BCUT2D eigenvalue weighted by atomic mass is 35.5. The number of ether oxygens (including phenoxy) is 1. The summed E-state index contributed by atoms with van der Waals surface area (Å²) in [5, 5.41) is 11.9. The average Bonchev–Trinajstić information content (AvgIpc) is 2.70. The number of fused-ring (bicyclic) bond motifs is 1. The maximum absolute atomic E-state index is 13.9.